The van der Waals surface area contributed by atoms with Crippen LogP contribution in [0.25, 0.3) is 0 Å². The number of methoxy groups -OCH3 is 1. The third kappa shape index (κ3) is 5.90. The summed E-state index contributed by atoms with van der Waals surface area (Å²) in [5.41, 5.74) is 1.88. The first kappa shape index (κ1) is 22.4. The van der Waals surface area contributed by atoms with E-state index in [0.29, 0.717) is 30.4 Å². The van der Waals surface area contributed by atoms with Crippen LogP contribution in [0.15, 0.2) is 42.5 Å². The van der Waals surface area contributed by atoms with Gasteiger partial charge in [-0.25, -0.2) is 4.39 Å². The summed E-state index contributed by atoms with van der Waals surface area (Å²) in [6.07, 6.45) is 6.57. The molecule has 2 saturated carbocycles. The van der Waals surface area contributed by atoms with Crippen LogP contribution in [0.5, 0.6) is 11.5 Å². The predicted octanol–water partition coefficient (Wildman–Crippen LogP) is 6.15. The van der Waals surface area contributed by atoms with Crippen molar-refractivity contribution < 1.29 is 23.3 Å². The van der Waals surface area contributed by atoms with E-state index < -0.39 is 8.03 Å². The van der Waals surface area contributed by atoms with Crippen molar-refractivity contribution in [3.05, 3.63) is 59.4 Å². The smallest absolute Gasteiger partial charge is 0.189 e. The monoisotopic (exact) mass is 446 g/mol. The number of hydrogen-bond donors (Lipinski definition) is 1. The highest BCUT2D eigenvalue weighted by Gasteiger charge is 2.33. The Morgan fingerprint density at radius 1 is 1.06 bits per heavy atom. The largest absolute Gasteiger partial charge is 0.497 e. The van der Waals surface area contributed by atoms with Gasteiger partial charge in [0.2, 0.25) is 0 Å². The van der Waals surface area contributed by atoms with Gasteiger partial charge in [0.1, 0.15) is 17.3 Å². The van der Waals surface area contributed by atoms with Gasteiger partial charge in [0.15, 0.2) is 8.03 Å². The number of benzene rings is 2. The molecule has 0 saturated heterocycles. The quantitative estimate of drug-likeness (QED) is 0.470. The molecule has 1 unspecified atom stereocenters. The first-order valence-electron chi connectivity index (χ1n) is 11.3. The summed E-state index contributed by atoms with van der Waals surface area (Å²) in [6.45, 7) is 0.654. The van der Waals surface area contributed by atoms with Gasteiger partial charge in [0, 0.05) is 6.16 Å². The molecule has 0 spiro atoms. The van der Waals surface area contributed by atoms with E-state index in [9.17, 15) is 13.8 Å². The predicted molar refractivity (Wildman–Crippen MR) is 121 cm³/mol. The Hall–Kier alpha value is -1.84. The minimum Gasteiger partial charge on any atom is -0.497 e. The second-order valence-electron chi connectivity index (χ2n) is 9.03. The fraction of sp³-hybridized carbons (Fsp3) is 0.520. The molecular formula is C25H32FO4P. The van der Waals surface area contributed by atoms with Gasteiger partial charge in [0.25, 0.3) is 0 Å². The molecule has 31 heavy (non-hydrogen) atoms. The molecule has 0 aliphatic heterocycles. The maximum Gasteiger partial charge on any atom is 0.189 e. The van der Waals surface area contributed by atoms with E-state index in [1.807, 2.05) is 24.3 Å². The van der Waals surface area contributed by atoms with Gasteiger partial charge >= 0.3 is 0 Å². The zero-order valence-electron chi connectivity index (χ0n) is 18.1. The van der Waals surface area contributed by atoms with E-state index in [1.165, 1.54) is 6.07 Å². The molecule has 1 N–H and O–H groups in total. The van der Waals surface area contributed by atoms with Crippen LogP contribution in [-0.2, 0) is 4.57 Å². The summed E-state index contributed by atoms with van der Waals surface area (Å²) < 4.78 is 37.1. The summed E-state index contributed by atoms with van der Waals surface area (Å²) >= 11 is 0. The van der Waals surface area contributed by atoms with E-state index in [-0.39, 0.29) is 17.7 Å². The molecule has 168 valence electrons. The summed E-state index contributed by atoms with van der Waals surface area (Å²) in [5.74, 6) is 2.78. The van der Waals surface area contributed by atoms with Crippen LogP contribution >= 0.6 is 8.03 Å². The van der Waals surface area contributed by atoms with E-state index >= 15 is 0 Å². The lowest BCUT2D eigenvalue weighted by atomic mass is 9.79. The molecule has 0 bridgehead atoms. The van der Waals surface area contributed by atoms with Crippen molar-refractivity contribution in [3.63, 3.8) is 0 Å². The molecule has 2 aliphatic carbocycles. The van der Waals surface area contributed by atoms with E-state index in [4.69, 9.17) is 9.47 Å². The Labute approximate surface area is 184 Å². The molecule has 2 aliphatic rings. The fourth-order valence-electron chi connectivity index (χ4n) is 4.89. The molecule has 2 aromatic rings. The van der Waals surface area contributed by atoms with Crippen LogP contribution in [0.2, 0.25) is 0 Å². The Morgan fingerprint density at radius 2 is 1.84 bits per heavy atom. The molecule has 2 atom stereocenters. The van der Waals surface area contributed by atoms with Crippen molar-refractivity contribution in [3.8, 4) is 11.5 Å². The van der Waals surface area contributed by atoms with Crippen molar-refractivity contribution in [2.75, 3.05) is 19.9 Å². The summed E-state index contributed by atoms with van der Waals surface area (Å²) in [5, 5.41) is 0. The highest BCUT2D eigenvalue weighted by atomic mass is 31.1. The van der Waals surface area contributed by atoms with Gasteiger partial charge in [-0.3, -0.25) is 4.57 Å². The van der Waals surface area contributed by atoms with Crippen LogP contribution in [0.4, 0.5) is 4.39 Å². The minimum absolute atomic E-state index is 0.145. The minimum atomic E-state index is -2.49. The van der Waals surface area contributed by atoms with Gasteiger partial charge in [-0.2, -0.15) is 0 Å². The third-order valence-electron chi connectivity index (χ3n) is 6.85. The molecule has 0 amide bonds. The number of ether oxygens (including phenoxy) is 2. The molecule has 2 fully saturated rings. The van der Waals surface area contributed by atoms with E-state index in [1.54, 1.807) is 13.2 Å². The van der Waals surface area contributed by atoms with E-state index in [0.717, 1.165) is 55.4 Å². The van der Waals surface area contributed by atoms with Crippen molar-refractivity contribution in [2.24, 2.45) is 11.8 Å². The van der Waals surface area contributed by atoms with Crippen LogP contribution in [-0.4, -0.2) is 24.8 Å². The van der Waals surface area contributed by atoms with Gasteiger partial charge in [-0.15, -0.1) is 0 Å². The van der Waals surface area contributed by atoms with Crippen LogP contribution in [0.3, 0.4) is 0 Å². The van der Waals surface area contributed by atoms with Crippen molar-refractivity contribution in [1.29, 1.82) is 0 Å². The molecular weight excluding hydrogens is 414 g/mol. The zero-order valence-corrected chi connectivity index (χ0v) is 19.1. The maximum atomic E-state index is 14.3. The molecule has 2 aromatic carbocycles. The molecule has 0 heterocycles. The van der Waals surface area contributed by atoms with E-state index in [2.05, 4.69) is 6.07 Å². The summed E-state index contributed by atoms with van der Waals surface area (Å²) in [4.78, 5) is 9.44. The zero-order chi connectivity index (χ0) is 21.8. The summed E-state index contributed by atoms with van der Waals surface area (Å²) in [6, 6.07) is 13.0. The topological polar surface area (TPSA) is 55.8 Å². The first-order valence-corrected chi connectivity index (χ1v) is 12.9. The molecule has 0 radical (unpaired) electrons. The average Bonchev–Trinajstić information content (AvgIpc) is 3.62. The summed E-state index contributed by atoms with van der Waals surface area (Å²) in [7, 11) is -0.879. The van der Waals surface area contributed by atoms with Crippen molar-refractivity contribution in [2.45, 2.75) is 50.4 Å². The average molecular weight is 446 g/mol. The normalized spacial score (nSPS) is 23.2. The van der Waals surface area contributed by atoms with Gasteiger partial charge < -0.3 is 14.4 Å². The van der Waals surface area contributed by atoms with Gasteiger partial charge in [-0.1, -0.05) is 12.1 Å². The fourth-order valence-corrected chi connectivity index (χ4v) is 5.84. The van der Waals surface area contributed by atoms with Gasteiger partial charge in [0.05, 0.1) is 13.7 Å². The van der Waals surface area contributed by atoms with Crippen molar-refractivity contribution in [1.82, 2.24) is 0 Å². The Morgan fingerprint density at radius 3 is 2.52 bits per heavy atom. The number of rotatable bonds is 9. The Kier molecular flexibility index (Phi) is 7.35. The molecule has 0 aromatic heterocycles. The highest BCUT2D eigenvalue weighted by Crippen LogP contribution is 2.46. The molecule has 4 rings (SSSR count). The lowest BCUT2D eigenvalue weighted by Crippen LogP contribution is -2.20. The second kappa shape index (κ2) is 10.2. The number of hydrogen-bond acceptors (Lipinski definition) is 3. The standard InChI is InChI=1S/C25H32FO4P/c1-29-21-11-12-25(26)23(14-21)18-7-5-17(6-8-18)15-30-22-4-2-3-20(13-22)24(16-31(27)28)19-9-10-19/h2-4,11-14,17-19,24,31H,5-10,15-16H2,1H3,(H,27,28)/t17-,18-,24-/m0/s1. The lowest BCUT2D eigenvalue weighted by Gasteiger charge is -2.29. The Bertz CT molecular complexity index is 906. The maximum absolute atomic E-state index is 14.3. The lowest BCUT2D eigenvalue weighted by molar-refractivity contribution is 0.199. The highest BCUT2D eigenvalue weighted by molar-refractivity contribution is 7.38. The third-order valence-corrected chi connectivity index (χ3v) is 7.64. The van der Waals surface area contributed by atoms with Crippen LogP contribution < -0.4 is 9.47 Å². The second-order valence-corrected chi connectivity index (χ2v) is 10.2. The SMILES string of the molecule is COc1ccc(F)c([C@H]2CC[C@H](COc3cccc([C@@H](C[PH](=O)O)C4CC4)c3)CC2)c1. The van der Waals surface area contributed by atoms with Crippen LogP contribution in [0, 0.1) is 17.7 Å². The molecule has 6 heteroatoms. The first-order chi connectivity index (χ1) is 15.0. The molecule has 4 nitrogen and oxygen atoms in total. The number of halogens is 1. The van der Waals surface area contributed by atoms with Crippen molar-refractivity contribution >= 4 is 8.03 Å². The van der Waals surface area contributed by atoms with Crippen LogP contribution in [0.1, 0.15) is 61.5 Å². The Balaban J connectivity index is 1.31. The van der Waals surface area contributed by atoms with Gasteiger partial charge in [-0.05, 0) is 104 Å².